The molecule has 2 aromatic carbocycles. The van der Waals surface area contributed by atoms with E-state index in [1.807, 2.05) is 56.3 Å². The average Bonchev–Trinajstić information content (AvgIpc) is 2.74. The van der Waals surface area contributed by atoms with Gasteiger partial charge in [0, 0.05) is 36.9 Å². The Bertz CT molecular complexity index is 895. The number of anilines is 1. The van der Waals surface area contributed by atoms with Gasteiger partial charge >= 0.3 is 0 Å². The number of halogens is 1. The lowest BCUT2D eigenvalue weighted by atomic mass is 10.1. The van der Waals surface area contributed by atoms with Crippen molar-refractivity contribution in [2.45, 2.75) is 20.3 Å². The van der Waals surface area contributed by atoms with Crippen LogP contribution in [0.4, 0.5) is 5.69 Å². The Balaban J connectivity index is 1.35. The number of carbonyl (C=O) groups is 2. The number of benzene rings is 2. The van der Waals surface area contributed by atoms with Crippen molar-refractivity contribution < 1.29 is 14.3 Å². The molecule has 1 fully saturated rings. The average molecular weight is 430 g/mol. The van der Waals surface area contributed by atoms with Gasteiger partial charge in [0.15, 0.2) is 0 Å². The van der Waals surface area contributed by atoms with Crippen LogP contribution in [-0.4, -0.2) is 56.0 Å². The number of amides is 2. The van der Waals surface area contributed by atoms with Gasteiger partial charge in [-0.1, -0.05) is 23.7 Å². The fourth-order valence-electron chi connectivity index (χ4n) is 3.33. The van der Waals surface area contributed by atoms with Gasteiger partial charge in [-0.15, -0.1) is 0 Å². The molecule has 1 saturated heterocycles. The van der Waals surface area contributed by atoms with Gasteiger partial charge in [0.1, 0.15) is 5.75 Å². The second-order valence-corrected chi connectivity index (χ2v) is 7.91. The molecule has 0 bridgehead atoms. The Morgan fingerprint density at radius 3 is 2.50 bits per heavy atom. The molecule has 0 aliphatic carbocycles. The molecule has 1 N–H and O–H groups in total. The smallest absolute Gasteiger partial charge is 0.242 e. The molecule has 0 radical (unpaired) electrons. The first-order valence-electron chi connectivity index (χ1n) is 10.2. The van der Waals surface area contributed by atoms with Crippen molar-refractivity contribution in [3.63, 3.8) is 0 Å². The van der Waals surface area contributed by atoms with Gasteiger partial charge in [-0.05, 0) is 55.3 Å². The van der Waals surface area contributed by atoms with Gasteiger partial charge < -0.3 is 19.9 Å². The predicted octanol–water partition coefficient (Wildman–Crippen LogP) is 3.19. The summed E-state index contributed by atoms with van der Waals surface area (Å²) >= 11 is 6.06. The van der Waals surface area contributed by atoms with E-state index in [-0.39, 0.29) is 31.4 Å². The normalized spacial score (nSPS) is 13.8. The summed E-state index contributed by atoms with van der Waals surface area (Å²) in [5.74, 6) is 0.494. The fourth-order valence-corrected chi connectivity index (χ4v) is 3.51. The van der Waals surface area contributed by atoms with E-state index in [0.29, 0.717) is 18.1 Å². The predicted molar refractivity (Wildman–Crippen MR) is 119 cm³/mol. The first kappa shape index (κ1) is 22.0. The molecule has 2 amide bonds. The fraction of sp³-hybridized carbons (Fsp3) is 0.391. The molecule has 2 aromatic rings. The quantitative estimate of drug-likeness (QED) is 0.734. The highest BCUT2D eigenvalue weighted by Gasteiger charge is 2.21. The van der Waals surface area contributed by atoms with Crippen LogP contribution in [0.3, 0.4) is 0 Å². The van der Waals surface area contributed by atoms with Gasteiger partial charge in [0.05, 0.1) is 19.6 Å². The minimum Gasteiger partial charge on any atom is -0.493 e. The molecule has 1 aliphatic heterocycles. The molecule has 30 heavy (non-hydrogen) atoms. The van der Waals surface area contributed by atoms with Crippen molar-refractivity contribution in [1.82, 2.24) is 10.2 Å². The van der Waals surface area contributed by atoms with Crippen LogP contribution in [0, 0.1) is 13.8 Å². The van der Waals surface area contributed by atoms with E-state index in [0.717, 1.165) is 30.1 Å². The minimum absolute atomic E-state index is 0.0135. The zero-order chi connectivity index (χ0) is 21.5. The van der Waals surface area contributed by atoms with E-state index in [9.17, 15) is 9.59 Å². The lowest BCUT2D eigenvalue weighted by Crippen LogP contribution is -2.51. The molecule has 160 valence electrons. The topological polar surface area (TPSA) is 61.9 Å². The van der Waals surface area contributed by atoms with Crippen molar-refractivity contribution in [3.05, 3.63) is 58.6 Å². The third-order valence-corrected chi connectivity index (χ3v) is 5.55. The summed E-state index contributed by atoms with van der Waals surface area (Å²) in [7, 11) is 0. The molecule has 0 atom stereocenters. The highest BCUT2D eigenvalue weighted by Crippen LogP contribution is 2.21. The number of aryl methyl sites for hydroxylation is 2. The molecule has 3 rings (SSSR count). The third-order valence-electron chi connectivity index (χ3n) is 5.32. The third kappa shape index (κ3) is 6.13. The molecule has 1 aliphatic rings. The second kappa shape index (κ2) is 10.3. The summed E-state index contributed by atoms with van der Waals surface area (Å²) < 4.78 is 5.63. The van der Waals surface area contributed by atoms with Crippen LogP contribution in [0.15, 0.2) is 42.5 Å². The Kier molecular flexibility index (Phi) is 7.57. The lowest BCUT2D eigenvalue weighted by molar-refractivity contribution is -0.133. The largest absolute Gasteiger partial charge is 0.493 e. The number of hydrogen-bond acceptors (Lipinski definition) is 4. The Labute approximate surface area is 182 Å². The molecule has 6 nitrogen and oxygen atoms in total. The number of ether oxygens (including phenoxy) is 1. The Morgan fingerprint density at radius 1 is 1.03 bits per heavy atom. The van der Waals surface area contributed by atoms with E-state index in [1.54, 1.807) is 4.90 Å². The maximum Gasteiger partial charge on any atom is 0.242 e. The van der Waals surface area contributed by atoms with Crippen molar-refractivity contribution in [1.29, 1.82) is 0 Å². The van der Waals surface area contributed by atoms with E-state index in [4.69, 9.17) is 16.3 Å². The van der Waals surface area contributed by atoms with E-state index >= 15 is 0 Å². The Morgan fingerprint density at radius 2 is 1.80 bits per heavy atom. The number of carbonyl (C=O) groups excluding carboxylic acids is 2. The van der Waals surface area contributed by atoms with Crippen molar-refractivity contribution >= 4 is 29.1 Å². The lowest BCUT2D eigenvalue weighted by Gasteiger charge is -2.36. The summed E-state index contributed by atoms with van der Waals surface area (Å²) in [5, 5.41) is 3.40. The van der Waals surface area contributed by atoms with Crippen LogP contribution in [0.2, 0.25) is 5.02 Å². The minimum atomic E-state index is -0.190. The summed E-state index contributed by atoms with van der Waals surface area (Å²) in [6.07, 6.45) is 0.211. The van der Waals surface area contributed by atoms with Gasteiger partial charge in [0.2, 0.25) is 11.8 Å². The van der Waals surface area contributed by atoms with Crippen LogP contribution in [0.1, 0.15) is 17.5 Å². The van der Waals surface area contributed by atoms with E-state index in [1.165, 1.54) is 5.56 Å². The maximum absolute atomic E-state index is 12.4. The summed E-state index contributed by atoms with van der Waals surface area (Å²) in [5.41, 5.74) is 3.41. The van der Waals surface area contributed by atoms with Crippen molar-refractivity contribution in [2.75, 3.05) is 44.2 Å². The molecular formula is C23H28ClN3O3. The van der Waals surface area contributed by atoms with Gasteiger partial charge in [-0.2, -0.15) is 0 Å². The second-order valence-electron chi connectivity index (χ2n) is 7.47. The van der Waals surface area contributed by atoms with Gasteiger partial charge in [-0.25, -0.2) is 0 Å². The monoisotopic (exact) mass is 429 g/mol. The summed E-state index contributed by atoms with van der Waals surface area (Å²) in [4.78, 5) is 28.4. The number of piperazine rings is 1. The van der Waals surface area contributed by atoms with E-state index < -0.39 is 0 Å². The maximum atomic E-state index is 12.4. The summed E-state index contributed by atoms with van der Waals surface area (Å²) in [6.45, 7) is 7.08. The van der Waals surface area contributed by atoms with Crippen LogP contribution >= 0.6 is 11.6 Å². The van der Waals surface area contributed by atoms with Gasteiger partial charge in [0.25, 0.3) is 0 Å². The first-order chi connectivity index (χ1) is 14.4. The summed E-state index contributed by atoms with van der Waals surface area (Å²) in [6, 6.07) is 13.6. The highest BCUT2D eigenvalue weighted by molar-refractivity contribution is 6.30. The van der Waals surface area contributed by atoms with Crippen molar-refractivity contribution in [3.8, 4) is 5.75 Å². The number of nitrogens with one attached hydrogen (secondary N) is 1. The Hall–Kier alpha value is -2.73. The molecule has 0 aromatic heterocycles. The SMILES string of the molecule is Cc1ccc(OCCC(=O)NCC(=O)N2CCN(c3cccc(Cl)c3)CC2)cc1C. The van der Waals surface area contributed by atoms with E-state index in [2.05, 4.69) is 10.2 Å². The number of hydrogen-bond donors (Lipinski definition) is 1. The van der Waals surface area contributed by atoms with Crippen LogP contribution in [0.25, 0.3) is 0 Å². The molecule has 7 heteroatoms. The zero-order valence-electron chi connectivity index (χ0n) is 17.5. The molecular weight excluding hydrogens is 402 g/mol. The zero-order valence-corrected chi connectivity index (χ0v) is 18.2. The number of rotatable bonds is 7. The van der Waals surface area contributed by atoms with Gasteiger partial charge in [-0.3, -0.25) is 9.59 Å². The number of nitrogens with zero attached hydrogens (tertiary/aromatic N) is 2. The van der Waals surface area contributed by atoms with Crippen molar-refractivity contribution in [2.24, 2.45) is 0 Å². The molecule has 0 unspecified atom stereocenters. The standard InChI is InChI=1S/C23H28ClN3O3/c1-17-6-7-21(14-18(17)2)30-13-8-22(28)25-16-23(29)27-11-9-26(10-12-27)20-5-3-4-19(24)15-20/h3-7,14-15H,8-13,16H2,1-2H3,(H,25,28). The van der Waals surface area contributed by atoms with Crippen LogP contribution in [0.5, 0.6) is 5.75 Å². The van der Waals surface area contributed by atoms with Crippen LogP contribution < -0.4 is 15.0 Å². The highest BCUT2D eigenvalue weighted by atomic mass is 35.5. The molecule has 1 heterocycles. The molecule has 0 saturated carbocycles. The first-order valence-corrected chi connectivity index (χ1v) is 10.6. The molecule has 0 spiro atoms. The van der Waals surface area contributed by atoms with Crippen LogP contribution in [-0.2, 0) is 9.59 Å².